The van der Waals surface area contributed by atoms with Crippen molar-refractivity contribution in [3.63, 3.8) is 0 Å². The van der Waals surface area contributed by atoms with Gasteiger partial charge in [0.05, 0.1) is 30.9 Å². The van der Waals surface area contributed by atoms with Gasteiger partial charge in [0.2, 0.25) is 0 Å². The van der Waals surface area contributed by atoms with Crippen LogP contribution in [0.4, 0.5) is 0 Å². The maximum Gasteiger partial charge on any atom is 0.337 e. The van der Waals surface area contributed by atoms with E-state index in [1.165, 1.54) is 23.3 Å². The lowest BCUT2D eigenvalue weighted by Crippen LogP contribution is -2.21. The Morgan fingerprint density at radius 2 is 1.96 bits per heavy atom. The number of nitrogens with zero attached hydrogens (tertiary/aromatic N) is 2. The van der Waals surface area contributed by atoms with Crippen LogP contribution >= 0.6 is 22.7 Å². The minimum absolute atomic E-state index is 0.0562. The molecule has 3 aromatic heterocycles. The molecule has 0 aliphatic rings. The summed E-state index contributed by atoms with van der Waals surface area (Å²) in [4.78, 5) is 32.1. The molecule has 0 bridgehead atoms. The number of thiophene rings is 2. The molecule has 7 heteroatoms. The predicted molar refractivity (Wildman–Crippen MR) is 109 cm³/mol. The highest BCUT2D eigenvalue weighted by atomic mass is 32.1. The summed E-state index contributed by atoms with van der Waals surface area (Å²) in [6.45, 7) is 2.44. The highest BCUT2D eigenvalue weighted by Crippen LogP contribution is 2.34. The van der Waals surface area contributed by atoms with Gasteiger partial charge in [-0.2, -0.15) is 0 Å². The van der Waals surface area contributed by atoms with Crippen molar-refractivity contribution < 1.29 is 9.53 Å². The molecular weight excluding hydrogens is 380 g/mol. The van der Waals surface area contributed by atoms with E-state index >= 15 is 0 Å². The Balaban J connectivity index is 1.71. The normalized spacial score (nSPS) is 11.0. The van der Waals surface area contributed by atoms with Gasteiger partial charge in [0, 0.05) is 20.7 Å². The van der Waals surface area contributed by atoms with E-state index in [-0.39, 0.29) is 11.5 Å². The van der Waals surface area contributed by atoms with Crippen molar-refractivity contribution in [1.29, 1.82) is 0 Å². The molecule has 0 saturated carbocycles. The molecule has 0 saturated heterocycles. The molecule has 27 heavy (non-hydrogen) atoms. The zero-order valence-electron chi connectivity index (χ0n) is 14.8. The second-order valence-corrected chi connectivity index (χ2v) is 8.25. The highest BCUT2D eigenvalue weighted by molar-refractivity contribution is 7.19. The number of hydrogen-bond acceptors (Lipinski definition) is 6. The van der Waals surface area contributed by atoms with Gasteiger partial charge >= 0.3 is 5.97 Å². The van der Waals surface area contributed by atoms with Crippen LogP contribution < -0.4 is 5.56 Å². The van der Waals surface area contributed by atoms with Crippen LogP contribution in [0.15, 0.2) is 52.9 Å². The van der Waals surface area contributed by atoms with Crippen LogP contribution in [-0.2, 0) is 11.3 Å². The molecule has 0 N–H and O–H groups in total. The van der Waals surface area contributed by atoms with Crippen LogP contribution in [0.1, 0.15) is 20.8 Å². The molecule has 136 valence electrons. The maximum atomic E-state index is 13.1. The van der Waals surface area contributed by atoms with Crippen molar-refractivity contribution in [2.75, 3.05) is 7.11 Å². The van der Waals surface area contributed by atoms with Crippen LogP contribution in [-0.4, -0.2) is 22.6 Å². The van der Waals surface area contributed by atoms with E-state index in [9.17, 15) is 9.59 Å². The summed E-state index contributed by atoms with van der Waals surface area (Å²) >= 11 is 3.16. The Kier molecular flexibility index (Phi) is 4.63. The van der Waals surface area contributed by atoms with Gasteiger partial charge in [-0.1, -0.05) is 12.1 Å². The fourth-order valence-electron chi connectivity index (χ4n) is 2.90. The summed E-state index contributed by atoms with van der Waals surface area (Å²) in [6, 6.07) is 11.1. The molecule has 0 spiro atoms. The van der Waals surface area contributed by atoms with Gasteiger partial charge in [-0.25, -0.2) is 9.78 Å². The third-order valence-corrected chi connectivity index (χ3v) is 6.21. The number of carbonyl (C=O) groups is 1. The van der Waals surface area contributed by atoms with Crippen LogP contribution in [0.25, 0.3) is 20.7 Å². The number of fused-ring (bicyclic) bond motifs is 1. The molecule has 0 unspecified atom stereocenters. The first-order chi connectivity index (χ1) is 13.1. The van der Waals surface area contributed by atoms with E-state index in [0.29, 0.717) is 17.5 Å². The van der Waals surface area contributed by atoms with Gasteiger partial charge < -0.3 is 4.74 Å². The van der Waals surface area contributed by atoms with Gasteiger partial charge in [-0.15, -0.1) is 22.7 Å². The molecule has 0 aliphatic carbocycles. The monoisotopic (exact) mass is 396 g/mol. The van der Waals surface area contributed by atoms with Crippen molar-refractivity contribution in [3.05, 3.63) is 74.5 Å². The molecule has 0 radical (unpaired) electrons. The van der Waals surface area contributed by atoms with Crippen molar-refractivity contribution in [3.8, 4) is 10.4 Å². The van der Waals surface area contributed by atoms with Crippen molar-refractivity contribution >= 4 is 38.9 Å². The van der Waals surface area contributed by atoms with Gasteiger partial charge in [0.1, 0.15) is 4.83 Å². The van der Waals surface area contributed by atoms with Crippen molar-refractivity contribution in [1.82, 2.24) is 9.55 Å². The number of ether oxygens (including phenoxy) is 1. The lowest BCUT2D eigenvalue weighted by molar-refractivity contribution is 0.0600. The Bertz CT molecular complexity index is 1190. The second-order valence-electron chi connectivity index (χ2n) is 6.11. The average Bonchev–Trinajstić information content (AvgIpc) is 3.30. The number of esters is 1. The Labute approximate surface area is 163 Å². The van der Waals surface area contributed by atoms with Crippen LogP contribution in [0.3, 0.4) is 0 Å². The first kappa shape index (κ1) is 17.6. The zero-order valence-corrected chi connectivity index (χ0v) is 16.4. The molecule has 4 aromatic rings. The SMILES string of the molecule is COC(=O)c1ccc(Cn2cnc3scc(-c4ccc(C)s4)c3c2=O)cc1. The summed E-state index contributed by atoms with van der Waals surface area (Å²) in [7, 11) is 1.35. The number of methoxy groups -OCH3 is 1. The van der Waals surface area contributed by atoms with E-state index in [1.54, 1.807) is 34.4 Å². The lowest BCUT2D eigenvalue weighted by Gasteiger charge is -2.07. The zero-order chi connectivity index (χ0) is 19.0. The van der Waals surface area contributed by atoms with Gasteiger partial charge in [-0.3, -0.25) is 9.36 Å². The molecule has 3 heterocycles. The number of hydrogen-bond donors (Lipinski definition) is 0. The number of benzene rings is 1. The Morgan fingerprint density at radius 3 is 2.63 bits per heavy atom. The molecule has 0 atom stereocenters. The number of aryl methyl sites for hydroxylation is 1. The Hall–Kier alpha value is -2.77. The molecular formula is C20H16N2O3S2. The molecule has 1 aromatic carbocycles. The van der Waals surface area contributed by atoms with Crippen molar-refractivity contribution in [2.45, 2.75) is 13.5 Å². The summed E-state index contributed by atoms with van der Waals surface area (Å²) in [6.07, 6.45) is 1.58. The van der Waals surface area contributed by atoms with E-state index in [1.807, 2.05) is 23.6 Å². The Morgan fingerprint density at radius 1 is 1.19 bits per heavy atom. The van der Waals surface area contributed by atoms with E-state index in [4.69, 9.17) is 4.74 Å². The minimum Gasteiger partial charge on any atom is -0.465 e. The van der Waals surface area contributed by atoms with Crippen LogP contribution in [0.2, 0.25) is 0 Å². The molecule has 5 nitrogen and oxygen atoms in total. The van der Waals surface area contributed by atoms with Crippen molar-refractivity contribution in [2.24, 2.45) is 0 Å². The fraction of sp³-hybridized carbons (Fsp3) is 0.150. The average molecular weight is 396 g/mol. The third-order valence-electron chi connectivity index (χ3n) is 4.29. The minimum atomic E-state index is -0.379. The number of carbonyl (C=O) groups excluding carboxylic acids is 1. The molecule has 0 fully saturated rings. The number of rotatable bonds is 4. The van der Waals surface area contributed by atoms with E-state index in [2.05, 4.69) is 18.0 Å². The van der Waals surface area contributed by atoms with Gasteiger partial charge in [0.25, 0.3) is 5.56 Å². The summed E-state index contributed by atoms with van der Waals surface area (Å²) < 4.78 is 6.31. The van der Waals surface area contributed by atoms with E-state index in [0.717, 1.165) is 20.8 Å². The molecule has 4 rings (SSSR count). The quantitative estimate of drug-likeness (QED) is 0.482. The smallest absolute Gasteiger partial charge is 0.337 e. The van der Waals surface area contributed by atoms with Gasteiger partial charge in [0.15, 0.2) is 0 Å². The van der Waals surface area contributed by atoms with E-state index < -0.39 is 0 Å². The first-order valence-corrected chi connectivity index (χ1v) is 9.97. The second kappa shape index (κ2) is 7.09. The fourth-order valence-corrected chi connectivity index (χ4v) is 4.76. The van der Waals surface area contributed by atoms with Crippen LogP contribution in [0, 0.1) is 6.92 Å². The summed E-state index contributed by atoms with van der Waals surface area (Å²) in [5, 5.41) is 2.66. The van der Waals surface area contributed by atoms with Gasteiger partial charge in [-0.05, 0) is 36.8 Å². The third kappa shape index (κ3) is 3.31. The molecule has 0 aliphatic heterocycles. The maximum absolute atomic E-state index is 13.1. The van der Waals surface area contributed by atoms with Crippen LogP contribution in [0.5, 0.6) is 0 Å². The number of aromatic nitrogens is 2. The topological polar surface area (TPSA) is 61.2 Å². The summed E-state index contributed by atoms with van der Waals surface area (Å²) in [5.74, 6) is -0.379. The lowest BCUT2D eigenvalue weighted by atomic mass is 10.1. The standard InChI is InChI=1S/C20H16N2O3S2/c1-12-3-8-16(27-12)15-10-26-18-17(15)19(23)22(11-21-18)9-13-4-6-14(7-5-13)20(24)25-2/h3-8,10-11H,9H2,1-2H3. The molecule has 0 amide bonds. The summed E-state index contributed by atoms with van der Waals surface area (Å²) in [5.41, 5.74) is 2.28. The largest absolute Gasteiger partial charge is 0.465 e. The predicted octanol–water partition coefficient (Wildman–Crippen LogP) is 4.33. The first-order valence-electron chi connectivity index (χ1n) is 8.27. The highest BCUT2D eigenvalue weighted by Gasteiger charge is 2.15.